The summed E-state index contributed by atoms with van der Waals surface area (Å²) in [5.41, 5.74) is 4.55. The van der Waals surface area contributed by atoms with Crippen molar-refractivity contribution >= 4 is 5.78 Å². The smallest absolute Gasteiger partial charge is 0.156 e. The van der Waals surface area contributed by atoms with Gasteiger partial charge in [0.15, 0.2) is 5.78 Å². The van der Waals surface area contributed by atoms with Gasteiger partial charge >= 0.3 is 0 Å². The van der Waals surface area contributed by atoms with Gasteiger partial charge in [-0.15, -0.1) is 6.58 Å². The quantitative estimate of drug-likeness (QED) is 0.645. The highest BCUT2D eigenvalue weighted by Crippen LogP contribution is 2.67. The molecule has 1 aromatic carbocycles. The fraction of sp³-hybridized carbons (Fsp3) is 0.519. The molecule has 2 N–H and O–H groups in total. The molecular weight excluding hydrogens is 372 g/mol. The summed E-state index contributed by atoms with van der Waals surface area (Å²) >= 11 is 0. The average Bonchev–Trinajstić information content (AvgIpc) is 2.98. The van der Waals surface area contributed by atoms with Gasteiger partial charge in [-0.1, -0.05) is 30.7 Å². The van der Waals surface area contributed by atoms with Gasteiger partial charge in [-0.2, -0.15) is 0 Å². The van der Waals surface area contributed by atoms with E-state index in [-0.39, 0.29) is 22.9 Å². The lowest BCUT2D eigenvalue weighted by Gasteiger charge is -2.55. The van der Waals surface area contributed by atoms with Crippen molar-refractivity contribution in [2.75, 3.05) is 0 Å². The summed E-state index contributed by atoms with van der Waals surface area (Å²) < 4.78 is 0. The number of rotatable bonds is 3. The maximum atomic E-state index is 12.1. The minimum absolute atomic E-state index is 0.163. The number of carbonyl (C=O) groups is 1. The van der Waals surface area contributed by atoms with Crippen LogP contribution < -0.4 is 0 Å². The van der Waals surface area contributed by atoms with Crippen LogP contribution in [0, 0.1) is 17.3 Å². The molecule has 0 aliphatic heterocycles. The number of ketones is 1. The third kappa shape index (κ3) is 2.78. The van der Waals surface area contributed by atoms with Crippen molar-refractivity contribution in [3.05, 3.63) is 65.3 Å². The number of allylic oxidation sites excluding steroid dienone is 4. The zero-order valence-electron chi connectivity index (χ0n) is 17.9. The van der Waals surface area contributed by atoms with Gasteiger partial charge in [0.1, 0.15) is 5.75 Å². The number of hydrogen-bond donors (Lipinski definition) is 2. The molecule has 2 fully saturated rings. The first-order valence-electron chi connectivity index (χ1n) is 11.5. The summed E-state index contributed by atoms with van der Waals surface area (Å²) in [4.78, 5) is 12.1. The Kier molecular flexibility index (Phi) is 4.59. The van der Waals surface area contributed by atoms with Crippen LogP contribution in [0.15, 0.2) is 59.7 Å². The lowest BCUT2D eigenvalue weighted by molar-refractivity contribution is -0.114. The number of carbonyl (C=O) groups excluding carboxylic acids is 1. The lowest BCUT2D eigenvalue weighted by Crippen LogP contribution is -2.51. The van der Waals surface area contributed by atoms with E-state index in [1.165, 1.54) is 22.3 Å². The van der Waals surface area contributed by atoms with Crippen molar-refractivity contribution in [2.45, 2.75) is 69.8 Å². The second-order valence-corrected chi connectivity index (χ2v) is 10.2. The molecule has 4 aliphatic carbocycles. The van der Waals surface area contributed by atoms with Gasteiger partial charge in [0.25, 0.3) is 0 Å². The molecule has 0 amide bonds. The molecule has 0 saturated heterocycles. The summed E-state index contributed by atoms with van der Waals surface area (Å²) in [6, 6.07) is 7.64. The highest BCUT2D eigenvalue weighted by Gasteiger charge is 2.62. The maximum Gasteiger partial charge on any atom is 0.156 e. The molecule has 1 aromatic rings. The molecule has 5 rings (SSSR count). The van der Waals surface area contributed by atoms with Gasteiger partial charge in [0.2, 0.25) is 0 Å². The molecule has 4 aliphatic rings. The van der Waals surface area contributed by atoms with E-state index < -0.39 is 5.60 Å². The van der Waals surface area contributed by atoms with Crippen LogP contribution >= 0.6 is 0 Å². The Labute approximate surface area is 179 Å². The molecular formula is C27H32O3. The average molecular weight is 405 g/mol. The van der Waals surface area contributed by atoms with Crippen molar-refractivity contribution in [2.24, 2.45) is 17.3 Å². The molecule has 0 unspecified atom stereocenters. The third-order valence-corrected chi connectivity index (χ3v) is 8.83. The van der Waals surface area contributed by atoms with E-state index in [9.17, 15) is 15.0 Å². The van der Waals surface area contributed by atoms with Crippen LogP contribution in [-0.2, 0) is 4.79 Å². The number of benzene rings is 1. The standard InChI is InChI=1S/C27H32O3/c1-3-13-27(30)14-12-24-22-10-6-18-15-20(29)9-11-21(18)25(22)23(16-26(24,27)2)17-4-7-19(28)8-5-17/h3-5,7-8,15,22-24,28,30H,1,6,9-14,16H2,2H3/t22-,23+,24-,26-,27-/m0/s1. The molecule has 158 valence electrons. The molecule has 3 heteroatoms. The Morgan fingerprint density at radius 2 is 1.93 bits per heavy atom. The summed E-state index contributed by atoms with van der Waals surface area (Å²) in [6.45, 7) is 6.24. The SMILES string of the molecule is C=CC[C@]1(O)CC[C@H]2[C@@H]3CCC4=CC(=O)CCC4=C3[C@@H](c3ccc(O)cc3)C[C@@]21C. The zero-order valence-corrected chi connectivity index (χ0v) is 17.9. The van der Waals surface area contributed by atoms with Gasteiger partial charge in [0.05, 0.1) is 5.60 Å². The van der Waals surface area contributed by atoms with Crippen LogP contribution in [-0.4, -0.2) is 21.6 Å². The first-order chi connectivity index (χ1) is 14.4. The van der Waals surface area contributed by atoms with Crippen LogP contribution in [0.25, 0.3) is 0 Å². The van der Waals surface area contributed by atoms with E-state index in [2.05, 4.69) is 13.5 Å². The molecule has 0 radical (unpaired) electrons. The molecule has 0 heterocycles. The Morgan fingerprint density at radius 3 is 2.67 bits per heavy atom. The maximum absolute atomic E-state index is 12.1. The molecule has 0 spiro atoms. The van der Waals surface area contributed by atoms with Gasteiger partial charge in [-0.25, -0.2) is 0 Å². The van der Waals surface area contributed by atoms with Crippen LogP contribution in [0.1, 0.15) is 69.8 Å². The largest absolute Gasteiger partial charge is 0.508 e. The van der Waals surface area contributed by atoms with E-state index in [0.29, 0.717) is 24.7 Å². The van der Waals surface area contributed by atoms with Crippen LogP contribution in [0.2, 0.25) is 0 Å². The molecule has 0 aromatic heterocycles. The van der Waals surface area contributed by atoms with Crippen molar-refractivity contribution in [3.8, 4) is 5.75 Å². The van der Waals surface area contributed by atoms with E-state index in [1.807, 2.05) is 24.3 Å². The molecule has 0 bridgehead atoms. The topological polar surface area (TPSA) is 57.5 Å². The number of phenolic OH excluding ortho intramolecular Hbond substituents is 1. The Morgan fingerprint density at radius 1 is 1.17 bits per heavy atom. The molecule has 3 nitrogen and oxygen atoms in total. The minimum Gasteiger partial charge on any atom is -0.508 e. The highest BCUT2D eigenvalue weighted by molar-refractivity contribution is 5.93. The van der Waals surface area contributed by atoms with Gasteiger partial charge in [-0.05, 0) is 91.7 Å². The van der Waals surface area contributed by atoms with E-state index in [0.717, 1.165) is 38.5 Å². The first-order valence-corrected chi connectivity index (χ1v) is 11.5. The van der Waals surface area contributed by atoms with Gasteiger partial charge in [-0.3, -0.25) is 4.79 Å². The Balaban J connectivity index is 1.68. The Hall–Kier alpha value is -2.13. The van der Waals surface area contributed by atoms with Crippen molar-refractivity contribution < 1.29 is 15.0 Å². The normalized spacial score (nSPS) is 37.9. The number of phenols is 1. The summed E-state index contributed by atoms with van der Waals surface area (Å²) in [6.07, 6.45) is 10.7. The Bertz CT molecular complexity index is 953. The van der Waals surface area contributed by atoms with E-state index in [4.69, 9.17) is 0 Å². The van der Waals surface area contributed by atoms with Crippen LogP contribution in [0.3, 0.4) is 0 Å². The van der Waals surface area contributed by atoms with Gasteiger partial charge in [0, 0.05) is 17.8 Å². The van der Waals surface area contributed by atoms with Crippen molar-refractivity contribution in [3.63, 3.8) is 0 Å². The third-order valence-electron chi connectivity index (χ3n) is 8.83. The van der Waals surface area contributed by atoms with Crippen LogP contribution in [0.5, 0.6) is 5.75 Å². The predicted octanol–water partition coefficient (Wildman–Crippen LogP) is 5.60. The van der Waals surface area contributed by atoms with Gasteiger partial charge < -0.3 is 10.2 Å². The van der Waals surface area contributed by atoms with Crippen LogP contribution in [0.4, 0.5) is 0 Å². The van der Waals surface area contributed by atoms with E-state index in [1.54, 1.807) is 12.1 Å². The molecule has 5 atom stereocenters. The number of aromatic hydroxyl groups is 1. The summed E-state index contributed by atoms with van der Waals surface area (Å²) in [7, 11) is 0. The first kappa shape index (κ1) is 19.8. The second kappa shape index (κ2) is 6.95. The zero-order chi connectivity index (χ0) is 21.1. The predicted molar refractivity (Wildman–Crippen MR) is 118 cm³/mol. The van der Waals surface area contributed by atoms with Crippen molar-refractivity contribution in [1.82, 2.24) is 0 Å². The highest BCUT2D eigenvalue weighted by atomic mass is 16.3. The fourth-order valence-corrected chi connectivity index (χ4v) is 7.33. The number of aliphatic hydroxyl groups is 1. The lowest BCUT2D eigenvalue weighted by atomic mass is 9.51. The summed E-state index contributed by atoms with van der Waals surface area (Å²) in [5.74, 6) is 1.69. The fourth-order valence-electron chi connectivity index (χ4n) is 7.33. The minimum atomic E-state index is -0.705. The molecule has 30 heavy (non-hydrogen) atoms. The second-order valence-electron chi connectivity index (χ2n) is 10.2. The number of fused-ring (bicyclic) bond motifs is 4. The number of hydrogen-bond acceptors (Lipinski definition) is 3. The monoisotopic (exact) mass is 404 g/mol. The van der Waals surface area contributed by atoms with E-state index >= 15 is 0 Å². The molecule has 2 saturated carbocycles. The van der Waals surface area contributed by atoms with Crippen molar-refractivity contribution in [1.29, 1.82) is 0 Å². The summed E-state index contributed by atoms with van der Waals surface area (Å²) in [5, 5.41) is 21.6.